The van der Waals surface area contributed by atoms with Crippen LogP contribution in [0.4, 0.5) is 0 Å². The molecule has 0 bridgehead atoms. The van der Waals surface area contributed by atoms with Gasteiger partial charge in [0.25, 0.3) is 0 Å². The summed E-state index contributed by atoms with van der Waals surface area (Å²) >= 11 is 0. The van der Waals surface area contributed by atoms with Gasteiger partial charge in [0.05, 0.1) is 11.6 Å². The molecule has 1 nitrogen and oxygen atoms in total. The number of benzene rings is 1. The predicted octanol–water partition coefficient (Wildman–Crippen LogP) is 3.60. The predicted molar refractivity (Wildman–Crippen MR) is 60.0 cm³/mol. The second-order valence-corrected chi connectivity index (χ2v) is 3.55. The normalized spacial score (nSPS) is 9.57. The smallest absolute Gasteiger partial charge is 0.0998 e. The van der Waals surface area contributed by atoms with Crippen LogP contribution < -0.4 is 0 Å². The SMILES string of the molecule is C=C(CC)c1cc(C)c(C)cc1C#N. The van der Waals surface area contributed by atoms with Crippen LogP contribution in [0.15, 0.2) is 18.7 Å². The molecule has 0 atom stereocenters. The zero-order valence-electron chi connectivity index (χ0n) is 9.02. The molecule has 0 aliphatic heterocycles. The minimum Gasteiger partial charge on any atom is -0.192 e. The lowest BCUT2D eigenvalue weighted by molar-refractivity contribution is 1.22. The van der Waals surface area contributed by atoms with Crippen LogP contribution in [0.1, 0.15) is 35.6 Å². The lowest BCUT2D eigenvalue weighted by Crippen LogP contribution is -1.92. The molecule has 1 aromatic rings. The van der Waals surface area contributed by atoms with Gasteiger partial charge in [-0.1, -0.05) is 19.6 Å². The first-order valence-corrected chi connectivity index (χ1v) is 4.79. The Labute approximate surface area is 85.7 Å². The van der Waals surface area contributed by atoms with Gasteiger partial charge in [-0.05, 0) is 48.6 Å². The van der Waals surface area contributed by atoms with Gasteiger partial charge in [-0.15, -0.1) is 0 Å². The maximum absolute atomic E-state index is 8.99. The molecule has 0 radical (unpaired) electrons. The molecule has 72 valence electrons. The van der Waals surface area contributed by atoms with Gasteiger partial charge in [0.1, 0.15) is 0 Å². The van der Waals surface area contributed by atoms with Crippen LogP contribution in [0.3, 0.4) is 0 Å². The second-order valence-electron chi connectivity index (χ2n) is 3.55. The zero-order valence-corrected chi connectivity index (χ0v) is 9.02. The minimum absolute atomic E-state index is 0.736. The zero-order chi connectivity index (χ0) is 10.7. The molecular formula is C13H15N. The van der Waals surface area contributed by atoms with Crippen molar-refractivity contribution in [3.05, 3.63) is 41.0 Å². The number of nitrogens with zero attached hydrogens (tertiary/aromatic N) is 1. The summed E-state index contributed by atoms with van der Waals surface area (Å²) in [4.78, 5) is 0. The van der Waals surface area contributed by atoms with E-state index in [2.05, 4.69) is 32.6 Å². The minimum atomic E-state index is 0.736. The molecule has 0 aliphatic carbocycles. The van der Waals surface area contributed by atoms with Crippen molar-refractivity contribution in [2.45, 2.75) is 27.2 Å². The molecule has 0 saturated carbocycles. The Hall–Kier alpha value is -1.55. The van der Waals surface area contributed by atoms with Crippen LogP contribution >= 0.6 is 0 Å². The maximum atomic E-state index is 8.99. The Morgan fingerprint density at radius 3 is 2.43 bits per heavy atom. The molecule has 14 heavy (non-hydrogen) atoms. The van der Waals surface area contributed by atoms with E-state index in [0.29, 0.717) is 0 Å². The molecule has 0 spiro atoms. The van der Waals surface area contributed by atoms with E-state index in [1.54, 1.807) is 0 Å². The molecule has 0 unspecified atom stereocenters. The van der Waals surface area contributed by atoms with E-state index in [-0.39, 0.29) is 0 Å². The molecule has 0 fully saturated rings. The third-order valence-electron chi connectivity index (χ3n) is 2.56. The first kappa shape index (κ1) is 10.5. The van der Waals surface area contributed by atoms with Crippen molar-refractivity contribution in [2.75, 3.05) is 0 Å². The molecule has 0 heterocycles. The summed E-state index contributed by atoms with van der Waals surface area (Å²) in [6.07, 6.45) is 0.886. The number of nitriles is 1. The fraction of sp³-hybridized carbons (Fsp3) is 0.308. The Morgan fingerprint density at radius 2 is 1.93 bits per heavy atom. The summed E-state index contributed by atoms with van der Waals surface area (Å²) in [6.45, 7) is 10.1. The van der Waals surface area contributed by atoms with Crippen LogP contribution in [-0.4, -0.2) is 0 Å². The van der Waals surface area contributed by atoms with Crippen molar-refractivity contribution in [3.8, 4) is 6.07 Å². The summed E-state index contributed by atoms with van der Waals surface area (Å²) in [5.74, 6) is 0. The Morgan fingerprint density at radius 1 is 1.36 bits per heavy atom. The van der Waals surface area contributed by atoms with Gasteiger partial charge in [-0.2, -0.15) is 5.26 Å². The average molecular weight is 185 g/mol. The summed E-state index contributed by atoms with van der Waals surface area (Å²) in [6, 6.07) is 6.21. The molecule has 0 aromatic heterocycles. The largest absolute Gasteiger partial charge is 0.192 e. The second kappa shape index (κ2) is 4.11. The van der Waals surface area contributed by atoms with Gasteiger partial charge >= 0.3 is 0 Å². The van der Waals surface area contributed by atoms with E-state index in [1.165, 1.54) is 5.56 Å². The Bertz CT molecular complexity index is 408. The molecule has 1 aromatic carbocycles. The average Bonchev–Trinajstić information content (AvgIpc) is 2.20. The number of aryl methyl sites for hydroxylation is 2. The van der Waals surface area contributed by atoms with Crippen molar-refractivity contribution in [1.29, 1.82) is 5.26 Å². The maximum Gasteiger partial charge on any atom is 0.0998 e. The van der Waals surface area contributed by atoms with E-state index < -0.39 is 0 Å². The van der Waals surface area contributed by atoms with Gasteiger partial charge in [-0.3, -0.25) is 0 Å². The topological polar surface area (TPSA) is 23.8 Å². The molecule has 1 heteroatoms. The highest BCUT2D eigenvalue weighted by atomic mass is 14.2. The number of allylic oxidation sites excluding steroid dienone is 1. The monoisotopic (exact) mass is 185 g/mol. The van der Waals surface area contributed by atoms with Gasteiger partial charge in [0.15, 0.2) is 0 Å². The summed E-state index contributed by atoms with van der Waals surface area (Å²) < 4.78 is 0. The van der Waals surface area contributed by atoms with E-state index in [4.69, 9.17) is 5.26 Å². The quantitative estimate of drug-likeness (QED) is 0.690. The first-order valence-electron chi connectivity index (χ1n) is 4.79. The van der Waals surface area contributed by atoms with Crippen LogP contribution in [0.25, 0.3) is 5.57 Å². The lowest BCUT2D eigenvalue weighted by Gasteiger charge is -2.09. The van der Waals surface area contributed by atoms with Crippen molar-refractivity contribution in [1.82, 2.24) is 0 Å². The third kappa shape index (κ3) is 1.85. The van der Waals surface area contributed by atoms with Crippen LogP contribution in [-0.2, 0) is 0 Å². The highest BCUT2D eigenvalue weighted by Crippen LogP contribution is 2.23. The van der Waals surface area contributed by atoms with Gasteiger partial charge < -0.3 is 0 Å². The molecular weight excluding hydrogens is 170 g/mol. The van der Waals surface area contributed by atoms with Crippen LogP contribution in [0.5, 0.6) is 0 Å². The third-order valence-corrected chi connectivity index (χ3v) is 2.56. The molecule has 0 saturated heterocycles. The fourth-order valence-corrected chi connectivity index (χ4v) is 1.39. The van der Waals surface area contributed by atoms with E-state index in [0.717, 1.165) is 28.7 Å². The van der Waals surface area contributed by atoms with Gasteiger partial charge in [-0.25, -0.2) is 0 Å². The summed E-state index contributed by atoms with van der Waals surface area (Å²) in [5.41, 5.74) is 5.14. The van der Waals surface area contributed by atoms with E-state index in [1.807, 2.05) is 13.0 Å². The van der Waals surface area contributed by atoms with E-state index in [9.17, 15) is 0 Å². The van der Waals surface area contributed by atoms with Crippen LogP contribution in [0, 0.1) is 25.2 Å². The van der Waals surface area contributed by atoms with Crippen molar-refractivity contribution < 1.29 is 0 Å². The molecule has 0 N–H and O–H groups in total. The summed E-state index contributed by atoms with van der Waals surface area (Å²) in [5, 5.41) is 8.99. The standard InChI is InChI=1S/C13H15N/c1-5-9(2)13-7-11(4)10(3)6-12(13)8-14/h6-7H,2,5H2,1,3-4H3. The Balaban J connectivity index is 3.36. The molecule has 0 aliphatic rings. The summed E-state index contributed by atoms with van der Waals surface area (Å²) in [7, 11) is 0. The number of rotatable bonds is 2. The fourth-order valence-electron chi connectivity index (χ4n) is 1.39. The highest BCUT2D eigenvalue weighted by Gasteiger charge is 2.06. The van der Waals surface area contributed by atoms with Gasteiger partial charge in [0.2, 0.25) is 0 Å². The van der Waals surface area contributed by atoms with Crippen molar-refractivity contribution in [3.63, 3.8) is 0 Å². The van der Waals surface area contributed by atoms with Crippen molar-refractivity contribution >= 4 is 5.57 Å². The van der Waals surface area contributed by atoms with E-state index >= 15 is 0 Å². The van der Waals surface area contributed by atoms with Gasteiger partial charge in [0, 0.05) is 0 Å². The molecule has 0 amide bonds. The van der Waals surface area contributed by atoms with Crippen LogP contribution in [0.2, 0.25) is 0 Å². The first-order chi connectivity index (χ1) is 6.60. The lowest BCUT2D eigenvalue weighted by atomic mass is 9.95. The number of hydrogen-bond acceptors (Lipinski definition) is 1. The highest BCUT2D eigenvalue weighted by molar-refractivity contribution is 5.69. The number of hydrogen-bond donors (Lipinski definition) is 0. The van der Waals surface area contributed by atoms with Crippen molar-refractivity contribution in [2.24, 2.45) is 0 Å². The molecule has 1 rings (SSSR count). The Kier molecular flexibility index (Phi) is 3.09.